The molecule has 4 saturated heterocycles. The highest BCUT2D eigenvalue weighted by Gasteiger charge is 2.49. The van der Waals surface area contributed by atoms with Gasteiger partial charge in [0.15, 0.2) is 5.82 Å². The van der Waals surface area contributed by atoms with Gasteiger partial charge in [-0.1, -0.05) is 12.1 Å². The molecule has 2 aromatic carbocycles. The molecule has 4 aliphatic heterocycles. The topological polar surface area (TPSA) is 74.6 Å². The number of phenolic OH excluding ortho intramolecular Hbond substituents is 1. The maximum absolute atomic E-state index is 16.8. The number of hydrogen-bond donors (Lipinski definition) is 1. The van der Waals surface area contributed by atoms with Gasteiger partial charge >= 0.3 is 6.01 Å². The van der Waals surface area contributed by atoms with Crippen LogP contribution >= 0.6 is 23.5 Å². The smallest absolute Gasteiger partial charge is 0.319 e. The number of alkyl halides is 1. The van der Waals surface area contributed by atoms with Crippen molar-refractivity contribution in [1.29, 1.82) is 0 Å². The summed E-state index contributed by atoms with van der Waals surface area (Å²) in [6, 6.07) is 9.18. The molecular weight excluding hydrogens is 589 g/mol. The monoisotopic (exact) mass is 621 g/mol. The highest BCUT2D eigenvalue weighted by molar-refractivity contribution is 8.00. The Kier molecular flexibility index (Phi) is 6.83. The molecule has 0 radical (unpaired) electrons. The van der Waals surface area contributed by atoms with E-state index >= 15 is 4.39 Å². The van der Waals surface area contributed by atoms with Crippen molar-refractivity contribution in [1.82, 2.24) is 19.9 Å². The Balaban J connectivity index is 1.26. The van der Waals surface area contributed by atoms with E-state index in [4.69, 9.17) is 9.72 Å². The Morgan fingerprint density at radius 3 is 2.81 bits per heavy atom. The summed E-state index contributed by atoms with van der Waals surface area (Å²) in [6.07, 6.45) is 7.41. The minimum absolute atomic E-state index is 0.0406. The molecule has 4 aliphatic rings. The zero-order chi connectivity index (χ0) is 29.3. The van der Waals surface area contributed by atoms with Crippen LogP contribution in [0.3, 0.4) is 0 Å². The van der Waals surface area contributed by atoms with Crippen molar-refractivity contribution >= 4 is 51.0 Å². The zero-order valence-electron chi connectivity index (χ0n) is 23.9. The second-order valence-corrected chi connectivity index (χ2v) is 14.7. The summed E-state index contributed by atoms with van der Waals surface area (Å²) in [5, 5.41) is 13.8. The number of rotatable bonds is 6. The molecule has 0 aliphatic carbocycles. The summed E-state index contributed by atoms with van der Waals surface area (Å²) in [5.74, 6) is 0.101. The molecule has 2 bridgehead atoms. The number of aromatic hydroxyl groups is 1. The van der Waals surface area contributed by atoms with Crippen molar-refractivity contribution in [2.45, 2.75) is 59.2 Å². The van der Waals surface area contributed by atoms with Crippen molar-refractivity contribution in [3.05, 3.63) is 42.3 Å². The van der Waals surface area contributed by atoms with E-state index in [-0.39, 0.29) is 35.1 Å². The van der Waals surface area contributed by atoms with Gasteiger partial charge < -0.3 is 14.7 Å². The number of phenols is 1. The van der Waals surface area contributed by atoms with E-state index in [1.807, 2.05) is 36.2 Å². The van der Waals surface area contributed by atoms with E-state index in [1.165, 1.54) is 12.8 Å². The van der Waals surface area contributed by atoms with Crippen LogP contribution in [0, 0.1) is 5.82 Å². The number of benzene rings is 2. The Hall–Kier alpha value is -2.89. The molecule has 2 aromatic heterocycles. The van der Waals surface area contributed by atoms with Crippen LogP contribution in [-0.2, 0) is 0 Å². The van der Waals surface area contributed by atoms with Crippen LogP contribution in [0.15, 0.2) is 41.4 Å². The number of anilines is 1. The molecule has 4 atom stereocenters. The first-order valence-corrected chi connectivity index (χ1v) is 17.2. The lowest BCUT2D eigenvalue weighted by Crippen LogP contribution is -2.43. The third-order valence-corrected chi connectivity index (χ3v) is 11.9. The van der Waals surface area contributed by atoms with Gasteiger partial charge in [0.05, 0.1) is 10.9 Å². The summed E-state index contributed by atoms with van der Waals surface area (Å²) in [5.41, 5.74) is 0.408. The van der Waals surface area contributed by atoms with Crippen LogP contribution in [-0.4, -0.2) is 86.2 Å². The zero-order valence-corrected chi connectivity index (χ0v) is 25.6. The highest BCUT2D eigenvalue weighted by atomic mass is 32.2. The summed E-state index contributed by atoms with van der Waals surface area (Å²) in [4.78, 5) is 19.6. The summed E-state index contributed by atoms with van der Waals surface area (Å²) < 4.78 is 37.5. The minimum Gasteiger partial charge on any atom is -0.508 e. The van der Waals surface area contributed by atoms with Gasteiger partial charge in [0.25, 0.3) is 0 Å². The average Bonchev–Trinajstić information content (AvgIpc) is 3.65. The van der Waals surface area contributed by atoms with Gasteiger partial charge in [-0.15, -0.1) is 11.8 Å². The first kappa shape index (κ1) is 27.6. The van der Waals surface area contributed by atoms with E-state index in [0.717, 1.165) is 48.1 Å². The van der Waals surface area contributed by atoms with Gasteiger partial charge in [-0.3, -0.25) is 9.88 Å². The Labute approximate surface area is 257 Å². The summed E-state index contributed by atoms with van der Waals surface area (Å²) >= 11 is 3.59. The van der Waals surface area contributed by atoms with Crippen molar-refractivity contribution < 1.29 is 18.6 Å². The molecule has 8 rings (SSSR count). The maximum atomic E-state index is 16.8. The molecule has 4 aromatic rings. The molecule has 4 fully saturated rings. The maximum Gasteiger partial charge on any atom is 0.319 e. The lowest BCUT2D eigenvalue weighted by Gasteiger charge is -2.33. The number of halogens is 2. The Morgan fingerprint density at radius 1 is 1.16 bits per heavy atom. The SMILES string of the molecule is CSc1cccc2cc(O)cc(-c3ncc4c(N5CC6CCC(C5)S6)nc(OC[C@@]56CCCN5C[C@H](F)C6)nc4c3F)c12. The number of pyridine rings is 1. The Morgan fingerprint density at radius 2 is 2.00 bits per heavy atom. The molecule has 1 N–H and O–H groups in total. The average molecular weight is 622 g/mol. The van der Waals surface area contributed by atoms with Gasteiger partial charge in [0, 0.05) is 58.6 Å². The molecule has 43 heavy (non-hydrogen) atoms. The number of nitrogens with zero attached hydrogens (tertiary/aromatic N) is 5. The fraction of sp³-hybridized carbons (Fsp3) is 0.469. The standard InChI is InChI=1S/C32H33F2N5O2S2/c1-42-25-5-2-4-18-10-20(40)11-23(26(18)25)28-27(34)29-24(13-35-28)30(38-15-21-6-7-22(16-38)43-21)37-31(36-29)41-17-32-8-3-9-39(32)14-19(33)12-32/h2,4-5,10-11,13,19,21-22,40H,3,6-9,12,14-17H2,1H3/t19-,21?,22?,32+/m1/s1. The molecular formula is C32H33F2N5O2S2. The molecule has 0 saturated carbocycles. The molecule has 11 heteroatoms. The van der Waals surface area contributed by atoms with Gasteiger partial charge in [-0.25, -0.2) is 8.78 Å². The minimum atomic E-state index is -0.868. The Bertz CT molecular complexity index is 1730. The third-order valence-electron chi connectivity index (χ3n) is 9.62. The first-order valence-electron chi connectivity index (χ1n) is 15.0. The number of thioether (sulfide) groups is 2. The van der Waals surface area contributed by atoms with Gasteiger partial charge in [-0.05, 0) is 62.1 Å². The van der Waals surface area contributed by atoms with Crippen molar-refractivity contribution in [3.8, 4) is 23.0 Å². The van der Waals surface area contributed by atoms with Crippen LogP contribution in [0.4, 0.5) is 14.6 Å². The second-order valence-electron chi connectivity index (χ2n) is 12.3. The first-order chi connectivity index (χ1) is 20.9. The van der Waals surface area contributed by atoms with Gasteiger partial charge in [0.1, 0.15) is 35.6 Å². The van der Waals surface area contributed by atoms with E-state index in [9.17, 15) is 9.50 Å². The lowest BCUT2D eigenvalue weighted by atomic mass is 9.95. The number of ether oxygens (including phenoxy) is 1. The largest absolute Gasteiger partial charge is 0.508 e. The van der Waals surface area contributed by atoms with Crippen LogP contribution in [0.1, 0.15) is 32.1 Å². The van der Waals surface area contributed by atoms with Crippen molar-refractivity contribution in [2.24, 2.45) is 0 Å². The fourth-order valence-corrected chi connectivity index (χ4v) is 9.95. The van der Waals surface area contributed by atoms with Crippen LogP contribution < -0.4 is 9.64 Å². The number of hydrogen-bond acceptors (Lipinski definition) is 9. The second kappa shape index (κ2) is 10.6. The van der Waals surface area contributed by atoms with E-state index in [0.29, 0.717) is 40.2 Å². The lowest BCUT2D eigenvalue weighted by molar-refractivity contribution is 0.107. The fourth-order valence-electron chi connectivity index (χ4n) is 7.68. The third kappa shape index (κ3) is 4.69. The molecule has 6 heterocycles. The predicted octanol–water partition coefficient (Wildman–Crippen LogP) is 6.45. The van der Waals surface area contributed by atoms with E-state index < -0.39 is 12.0 Å². The van der Waals surface area contributed by atoms with E-state index in [2.05, 4.69) is 19.8 Å². The highest BCUT2D eigenvalue weighted by Crippen LogP contribution is 2.44. The van der Waals surface area contributed by atoms with Crippen molar-refractivity contribution in [3.63, 3.8) is 0 Å². The summed E-state index contributed by atoms with van der Waals surface area (Å²) in [6.45, 7) is 3.22. The number of aromatic nitrogens is 3. The normalized spacial score (nSPS) is 27.0. The predicted molar refractivity (Wildman–Crippen MR) is 169 cm³/mol. The molecule has 0 spiro atoms. The van der Waals surface area contributed by atoms with Crippen molar-refractivity contribution in [2.75, 3.05) is 43.9 Å². The molecule has 224 valence electrons. The van der Waals surface area contributed by atoms with E-state index in [1.54, 1.807) is 30.1 Å². The number of fused-ring (bicyclic) bond motifs is 5. The molecule has 7 nitrogen and oxygen atoms in total. The summed E-state index contributed by atoms with van der Waals surface area (Å²) in [7, 11) is 0. The van der Waals surface area contributed by atoms with Crippen LogP contribution in [0.2, 0.25) is 0 Å². The van der Waals surface area contributed by atoms with Crippen LogP contribution in [0.5, 0.6) is 11.8 Å². The van der Waals surface area contributed by atoms with Gasteiger partial charge in [0.2, 0.25) is 0 Å². The molecule has 0 amide bonds. The quantitative estimate of drug-likeness (QED) is 0.245. The molecule has 2 unspecified atom stereocenters. The van der Waals surface area contributed by atoms with Gasteiger partial charge in [-0.2, -0.15) is 21.7 Å². The van der Waals surface area contributed by atoms with Crippen LogP contribution in [0.25, 0.3) is 32.9 Å².